The molecule has 2 aromatic rings. The Labute approximate surface area is 182 Å². The van der Waals surface area contributed by atoms with Crippen LogP contribution in [0.25, 0.3) is 0 Å². The van der Waals surface area contributed by atoms with Crippen molar-refractivity contribution in [2.24, 2.45) is 0 Å². The molecule has 2 saturated heterocycles. The number of fused-ring (bicyclic) bond motifs is 1. The highest BCUT2D eigenvalue weighted by Gasteiger charge is 2.38. The number of nitrogens with zero attached hydrogens (tertiary/aromatic N) is 3. The van der Waals surface area contributed by atoms with E-state index in [1.807, 2.05) is 28.9 Å². The van der Waals surface area contributed by atoms with E-state index in [0.29, 0.717) is 13.2 Å². The molecule has 5 rings (SSSR count). The van der Waals surface area contributed by atoms with Crippen LogP contribution in [0.2, 0.25) is 0 Å². The summed E-state index contributed by atoms with van der Waals surface area (Å²) in [6.07, 6.45) is 7.07. The van der Waals surface area contributed by atoms with Gasteiger partial charge in [0.05, 0.1) is 31.0 Å². The summed E-state index contributed by atoms with van der Waals surface area (Å²) in [5.41, 5.74) is 3.69. The van der Waals surface area contributed by atoms with Gasteiger partial charge in [-0.15, -0.1) is 0 Å². The molecule has 0 radical (unpaired) electrons. The quantitative estimate of drug-likeness (QED) is 0.815. The molecule has 2 atom stereocenters. The summed E-state index contributed by atoms with van der Waals surface area (Å²) in [7, 11) is 0. The van der Waals surface area contributed by atoms with Crippen molar-refractivity contribution in [2.75, 3.05) is 31.2 Å². The van der Waals surface area contributed by atoms with Crippen LogP contribution in [-0.4, -0.2) is 57.5 Å². The monoisotopic (exact) mass is 426 g/mol. The second-order valence-electron chi connectivity index (χ2n) is 8.66. The van der Waals surface area contributed by atoms with E-state index in [9.17, 15) is 4.79 Å². The molecule has 1 aromatic carbocycles. The average Bonchev–Trinajstić information content (AvgIpc) is 3.33. The number of amides is 2. The van der Waals surface area contributed by atoms with Gasteiger partial charge in [-0.25, -0.2) is 4.79 Å². The lowest BCUT2D eigenvalue weighted by Gasteiger charge is -2.28. The number of carbonyl (C=O) groups excluding carboxylic acids is 1. The number of carbonyl (C=O) groups is 1. The van der Waals surface area contributed by atoms with E-state index in [0.717, 1.165) is 50.9 Å². The normalized spacial score (nSPS) is 26.4. The molecule has 0 saturated carbocycles. The molecule has 2 aliphatic heterocycles. The highest BCUT2D eigenvalue weighted by atomic mass is 32.2. The van der Waals surface area contributed by atoms with Crippen molar-refractivity contribution < 1.29 is 9.53 Å². The Bertz CT molecular complexity index is 879. The zero-order valence-corrected chi connectivity index (χ0v) is 18.2. The molecule has 2 fully saturated rings. The van der Waals surface area contributed by atoms with Crippen molar-refractivity contribution in [3.63, 3.8) is 0 Å². The van der Waals surface area contributed by atoms with Crippen molar-refractivity contribution in [3.05, 3.63) is 53.3 Å². The molecule has 1 spiro atoms. The maximum Gasteiger partial charge on any atom is 0.317 e. The minimum Gasteiger partial charge on any atom is -0.372 e. The fourth-order valence-corrected chi connectivity index (χ4v) is 6.30. The van der Waals surface area contributed by atoms with Gasteiger partial charge in [0.1, 0.15) is 0 Å². The summed E-state index contributed by atoms with van der Waals surface area (Å²) in [4.78, 5) is 15.0. The number of ether oxygens (including phenoxy) is 1. The standard InChI is InChI=1S/C23H30N4O2S/c28-22(26-11-9-23(29-13-12-26)10-14-30-17-23)25-20-7-4-8-21-19(20)15-24-27(21)16-18-5-2-1-3-6-18/h1-3,5-6,15,20H,4,7-14,16-17H2,(H,25,28). The fourth-order valence-electron chi connectivity index (χ4n) is 4.90. The van der Waals surface area contributed by atoms with E-state index >= 15 is 0 Å². The van der Waals surface area contributed by atoms with Gasteiger partial charge in [-0.05, 0) is 43.4 Å². The lowest BCUT2D eigenvalue weighted by atomic mass is 9.93. The molecule has 2 unspecified atom stereocenters. The van der Waals surface area contributed by atoms with Gasteiger partial charge >= 0.3 is 6.03 Å². The third-order valence-corrected chi connectivity index (χ3v) is 7.92. The first-order valence-corrected chi connectivity index (χ1v) is 12.2. The number of urea groups is 1. The highest BCUT2D eigenvalue weighted by Crippen LogP contribution is 2.36. The van der Waals surface area contributed by atoms with E-state index in [4.69, 9.17) is 4.74 Å². The zero-order chi connectivity index (χ0) is 20.4. The summed E-state index contributed by atoms with van der Waals surface area (Å²) in [6, 6.07) is 10.5. The molecule has 7 heteroatoms. The van der Waals surface area contributed by atoms with Crippen LogP contribution in [0.1, 0.15) is 48.5 Å². The van der Waals surface area contributed by atoms with Crippen LogP contribution in [0.5, 0.6) is 0 Å². The Morgan fingerprint density at radius 1 is 1.27 bits per heavy atom. The molecule has 1 aromatic heterocycles. The van der Waals surface area contributed by atoms with Gasteiger partial charge in [0, 0.05) is 30.1 Å². The first-order valence-electron chi connectivity index (χ1n) is 11.1. The summed E-state index contributed by atoms with van der Waals surface area (Å²) >= 11 is 1.97. The van der Waals surface area contributed by atoms with Gasteiger partial charge in [-0.3, -0.25) is 4.68 Å². The van der Waals surface area contributed by atoms with Crippen LogP contribution < -0.4 is 5.32 Å². The maximum absolute atomic E-state index is 13.1. The van der Waals surface area contributed by atoms with Gasteiger partial charge in [-0.1, -0.05) is 30.3 Å². The summed E-state index contributed by atoms with van der Waals surface area (Å²) in [5.74, 6) is 2.24. The number of benzene rings is 1. The van der Waals surface area contributed by atoms with E-state index in [-0.39, 0.29) is 17.7 Å². The smallest absolute Gasteiger partial charge is 0.317 e. The topological polar surface area (TPSA) is 59.4 Å². The Morgan fingerprint density at radius 3 is 3.00 bits per heavy atom. The number of rotatable bonds is 3. The number of hydrogen-bond acceptors (Lipinski definition) is 4. The number of hydrogen-bond donors (Lipinski definition) is 1. The molecule has 6 nitrogen and oxygen atoms in total. The van der Waals surface area contributed by atoms with Crippen molar-refractivity contribution >= 4 is 17.8 Å². The van der Waals surface area contributed by atoms with Gasteiger partial charge in [-0.2, -0.15) is 16.9 Å². The van der Waals surface area contributed by atoms with Crippen LogP contribution in [0, 0.1) is 0 Å². The minimum atomic E-state index is -0.00369. The zero-order valence-electron chi connectivity index (χ0n) is 17.4. The molecule has 1 N–H and O–H groups in total. The third-order valence-electron chi connectivity index (χ3n) is 6.70. The first kappa shape index (κ1) is 19.9. The fraction of sp³-hybridized carbons (Fsp3) is 0.565. The number of aromatic nitrogens is 2. The number of nitrogens with one attached hydrogen (secondary N) is 1. The van der Waals surface area contributed by atoms with E-state index in [2.05, 4.69) is 39.4 Å². The lowest BCUT2D eigenvalue weighted by molar-refractivity contribution is -0.0170. The van der Waals surface area contributed by atoms with Crippen LogP contribution >= 0.6 is 11.8 Å². The summed E-state index contributed by atoms with van der Waals surface area (Å²) < 4.78 is 8.28. The van der Waals surface area contributed by atoms with E-state index in [1.165, 1.54) is 22.6 Å². The molecule has 160 valence electrons. The van der Waals surface area contributed by atoms with Crippen molar-refractivity contribution in [2.45, 2.75) is 50.3 Å². The number of thioether (sulfide) groups is 1. The SMILES string of the molecule is O=C(NC1CCCc2c1cnn2Cc1ccccc1)N1CCOC2(CCSC2)CC1. The Kier molecular flexibility index (Phi) is 5.74. The molecule has 1 aliphatic carbocycles. The van der Waals surface area contributed by atoms with Crippen LogP contribution in [0.4, 0.5) is 4.79 Å². The summed E-state index contributed by atoms with van der Waals surface area (Å²) in [6.45, 7) is 2.86. The van der Waals surface area contributed by atoms with Crippen molar-refractivity contribution in [1.82, 2.24) is 20.0 Å². The Balaban J connectivity index is 1.25. The average molecular weight is 427 g/mol. The Morgan fingerprint density at radius 2 is 2.17 bits per heavy atom. The van der Waals surface area contributed by atoms with Crippen molar-refractivity contribution in [1.29, 1.82) is 0 Å². The van der Waals surface area contributed by atoms with Gasteiger partial charge in [0.25, 0.3) is 0 Å². The van der Waals surface area contributed by atoms with E-state index in [1.54, 1.807) is 0 Å². The molecular weight excluding hydrogens is 396 g/mol. The molecule has 3 heterocycles. The van der Waals surface area contributed by atoms with Crippen LogP contribution in [0.3, 0.4) is 0 Å². The minimum absolute atomic E-state index is 0.00369. The van der Waals surface area contributed by atoms with E-state index < -0.39 is 0 Å². The Hall–Kier alpha value is -1.99. The predicted octanol–water partition coefficient (Wildman–Crippen LogP) is 3.62. The molecule has 3 aliphatic rings. The van der Waals surface area contributed by atoms with Crippen LogP contribution in [0.15, 0.2) is 36.5 Å². The van der Waals surface area contributed by atoms with Crippen LogP contribution in [-0.2, 0) is 17.7 Å². The third kappa shape index (κ3) is 4.10. The van der Waals surface area contributed by atoms with Gasteiger partial charge < -0.3 is 15.0 Å². The second-order valence-corrected chi connectivity index (χ2v) is 9.76. The summed E-state index contributed by atoms with van der Waals surface area (Å²) in [5, 5.41) is 7.96. The van der Waals surface area contributed by atoms with Crippen molar-refractivity contribution in [3.8, 4) is 0 Å². The molecule has 30 heavy (non-hydrogen) atoms. The highest BCUT2D eigenvalue weighted by molar-refractivity contribution is 7.99. The molecule has 2 amide bonds. The largest absolute Gasteiger partial charge is 0.372 e. The second kappa shape index (κ2) is 8.63. The molecule has 0 bridgehead atoms. The molecular formula is C23H30N4O2S. The first-order chi connectivity index (χ1) is 14.7. The lowest BCUT2D eigenvalue weighted by Crippen LogP contribution is -2.43. The maximum atomic E-state index is 13.1. The predicted molar refractivity (Wildman–Crippen MR) is 119 cm³/mol. The van der Waals surface area contributed by atoms with Gasteiger partial charge in [0.15, 0.2) is 0 Å². The van der Waals surface area contributed by atoms with Gasteiger partial charge in [0.2, 0.25) is 0 Å².